The lowest BCUT2D eigenvalue weighted by Gasteiger charge is -2.04. The van der Waals surface area contributed by atoms with Gasteiger partial charge in [-0.1, -0.05) is 18.2 Å². The monoisotopic (exact) mass is 341 g/mol. The van der Waals surface area contributed by atoms with Gasteiger partial charge >= 0.3 is 0 Å². The Bertz CT molecular complexity index is 779. The number of carbonyl (C=O) groups excluding carboxylic acids is 2. The van der Waals surface area contributed by atoms with Gasteiger partial charge in [-0.05, 0) is 31.2 Å². The van der Waals surface area contributed by atoms with Crippen LogP contribution in [0.2, 0.25) is 0 Å². The highest BCUT2D eigenvalue weighted by atomic mass is 16.5. The number of methoxy groups -OCH3 is 1. The van der Waals surface area contributed by atoms with Crippen LogP contribution in [0.25, 0.3) is 6.08 Å². The highest BCUT2D eigenvalue weighted by molar-refractivity contribution is 5.97. The molecule has 2 N–H and O–H groups in total. The second-order valence-electron chi connectivity index (χ2n) is 5.00. The Morgan fingerprint density at radius 2 is 2.04 bits per heavy atom. The van der Waals surface area contributed by atoms with Gasteiger partial charge < -0.3 is 14.5 Å². The van der Waals surface area contributed by atoms with Crippen molar-refractivity contribution in [3.63, 3.8) is 0 Å². The standard InChI is InChI=1S/C18H19N3O4/c1-13(15-8-5-11-25-15)20-21-18(23)12-19-17(22)10-9-14-6-3-4-7-16(14)24-2/h3-11H,12H2,1-2H3,(H,19,22)(H,21,23)/b10-9+,20-13?. The van der Waals surface area contributed by atoms with Crippen LogP contribution in [0.15, 0.2) is 58.3 Å². The molecule has 0 saturated heterocycles. The number of furan rings is 1. The molecule has 2 amide bonds. The van der Waals surface area contributed by atoms with Gasteiger partial charge in [-0.15, -0.1) is 0 Å². The average molecular weight is 341 g/mol. The Hall–Kier alpha value is -3.35. The van der Waals surface area contributed by atoms with Crippen molar-refractivity contribution in [1.82, 2.24) is 10.7 Å². The Balaban J connectivity index is 1.80. The van der Waals surface area contributed by atoms with Gasteiger partial charge in [0.25, 0.3) is 5.91 Å². The molecule has 0 atom stereocenters. The van der Waals surface area contributed by atoms with Crippen molar-refractivity contribution in [2.45, 2.75) is 6.92 Å². The van der Waals surface area contributed by atoms with E-state index >= 15 is 0 Å². The lowest BCUT2D eigenvalue weighted by atomic mass is 10.2. The summed E-state index contributed by atoms with van der Waals surface area (Å²) in [4.78, 5) is 23.5. The van der Waals surface area contributed by atoms with Crippen molar-refractivity contribution in [1.29, 1.82) is 0 Å². The predicted octanol–water partition coefficient (Wildman–Crippen LogP) is 1.96. The second kappa shape index (κ2) is 9.07. The third-order valence-electron chi connectivity index (χ3n) is 3.20. The maximum absolute atomic E-state index is 11.8. The summed E-state index contributed by atoms with van der Waals surface area (Å²) in [5.74, 6) is 0.383. The first-order valence-electron chi connectivity index (χ1n) is 7.56. The topological polar surface area (TPSA) is 92.9 Å². The highest BCUT2D eigenvalue weighted by Crippen LogP contribution is 2.18. The van der Waals surface area contributed by atoms with Crippen molar-refractivity contribution in [3.8, 4) is 5.75 Å². The second-order valence-corrected chi connectivity index (χ2v) is 5.00. The van der Waals surface area contributed by atoms with Gasteiger partial charge in [0.05, 0.1) is 19.9 Å². The van der Waals surface area contributed by atoms with E-state index in [-0.39, 0.29) is 6.54 Å². The normalized spacial score (nSPS) is 11.4. The van der Waals surface area contributed by atoms with E-state index in [1.165, 1.54) is 12.3 Å². The van der Waals surface area contributed by atoms with E-state index in [1.54, 1.807) is 38.3 Å². The number of ether oxygens (including phenoxy) is 1. The Morgan fingerprint density at radius 1 is 1.24 bits per heavy atom. The molecule has 7 heteroatoms. The van der Waals surface area contributed by atoms with Crippen LogP contribution in [-0.4, -0.2) is 31.2 Å². The Kier molecular flexibility index (Phi) is 6.53. The third kappa shape index (κ3) is 5.65. The lowest BCUT2D eigenvalue weighted by Crippen LogP contribution is -2.34. The summed E-state index contributed by atoms with van der Waals surface area (Å²) in [5, 5.41) is 6.38. The van der Waals surface area contributed by atoms with E-state index in [4.69, 9.17) is 9.15 Å². The quantitative estimate of drug-likeness (QED) is 0.457. The molecule has 7 nitrogen and oxygen atoms in total. The van der Waals surface area contributed by atoms with Crippen LogP contribution >= 0.6 is 0 Å². The zero-order valence-corrected chi connectivity index (χ0v) is 14.0. The van der Waals surface area contributed by atoms with Crippen LogP contribution in [0.3, 0.4) is 0 Å². The summed E-state index contributed by atoms with van der Waals surface area (Å²) in [6.07, 6.45) is 4.47. The molecule has 1 aromatic carbocycles. The fourth-order valence-electron chi connectivity index (χ4n) is 1.92. The molecule has 0 saturated carbocycles. The molecular weight excluding hydrogens is 322 g/mol. The number of hydrogen-bond acceptors (Lipinski definition) is 5. The first-order chi connectivity index (χ1) is 12.1. The Morgan fingerprint density at radius 3 is 2.76 bits per heavy atom. The zero-order valence-electron chi connectivity index (χ0n) is 14.0. The zero-order chi connectivity index (χ0) is 18.1. The van der Waals surface area contributed by atoms with E-state index in [9.17, 15) is 9.59 Å². The smallest absolute Gasteiger partial charge is 0.259 e. The highest BCUT2D eigenvalue weighted by Gasteiger charge is 2.05. The molecule has 0 bridgehead atoms. The summed E-state index contributed by atoms with van der Waals surface area (Å²) in [6.45, 7) is 1.51. The van der Waals surface area contributed by atoms with Crippen LogP contribution in [0.4, 0.5) is 0 Å². The minimum absolute atomic E-state index is 0.190. The van der Waals surface area contributed by atoms with Crippen LogP contribution in [0, 0.1) is 0 Å². The Labute approximate surface area is 145 Å². The van der Waals surface area contributed by atoms with Crippen LogP contribution in [0.5, 0.6) is 5.75 Å². The summed E-state index contributed by atoms with van der Waals surface area (Å²) in [6, 6.07) is 10.8. The fraction of sp³-hybridized carbons (Fsp3) is 0.167. The minimum atomic E-state index is -0.440. The molecule has 0 aliphatic heterocycles. The average Bonchev–Trinajstić information content (AvgIpc) is 3.17. The molecular formula is C18H19N3O4. The molecule has 130 valence electrons. The maximum Gasteiger partial charge on any atom is 0.259 e. The number of hydrazone groups is 1. The van der Waals surface area contributed by atoms with Crippen molar-refractivity contribution < 1.29 is 18.7 Å². The van der Waals surface area contributed by atoms with Crippen molar-refractivity contribution in [2.75, 3.05) is 13.7 Å². The SMILES string of the molecule is COc1ccccc1/C=C/C(=O)NCC(=O)NN=C(C)c1ccco1. The molecule has 1 heterocycles. The van der Waals surface area contributed by atoms with Crippen molar-refractivity contribution in [3.05, 3.63) is 60.1 Å². The maximum atomic E-state index is 11.8. The van der Waals surface area contributed by atoms with Gasteiger partial charge in [-0.3, -0.25) is 9.59 Å². The number of hydrogen-bond donors (Lipinski definition) is 2. The van der Waals surface area contributed by atoms with Crippen molar-refractivity contribution in [2.24, 2.45) is 5.10 Å². The molecule has 0 unspecified atom stereocenters. The van der Waals surface area contributed by atoms with Crippen LogP contribution in [0.1, 0.15) is 18.2 Å². The number of nitrogens with one attached hydrogen (secondary N) is 2. The van der Waals surface area contributed by atoms with Crippen LogP contribution < -0.4 is 15.5 Å². The first kappa shape index (κ1) is 18.0. The fourth-order valence-corrected chi connectivity index (χ4v) is 1.92. The molecule has 1 aromatic heterocycles. The third-order valence-corrected chi connectivity index (χ3v) is 3.20. The predicted molar refractivity (Wildman–Crippen MR) is 94.1 cm³/mol. The van der Waals surface area contributed by atoms with E-state index in [0.717, 1.165) is 5.56 Å². The van der Waals surface area contributed by atoms with Gasteiger partial charge in [-0.25, -0.2) is 5.43 Å². The van der Waals surface area contributed by atoms with E-state index in [0.29, 0.717) is 17.2 Å². The number of rotatable bonds is 7. The molecule has 0 aliphatic carbocycles. The van der Waals surface area contributed by atoms with E-state index < -0.39 is 11.8 Å². The summed E-state index contributed by atoms with van der Waals surface area (Å²) in [5.41, 5.74) is 3.64. The lowest BCUT2D eigenvalue weighted by molar-refractivity contribution is -0.123. The summed E-state index contributed by atoms with van der Waals surface area (Å²) >= 11 is 0. The number of amides is 2. The van der Waals surface area contributed by atoms with Gasteiger partial charge in [0.2, 0.25) is 5.91 Å². The van der Waals surface area contributed by atoms with Crippen LogP contribution in [-0.2, 0) is 9.59 Å². The van der Waals surface area contributed by atoms with Gasteiger partial charge in [-0.2, -0.15) is 5.10 Å². The van der Waals surface area contributed by atoms with E-state index in [2.05, 4.69) is 15.8 Å². The molecule has 0 spiro atoms. The molecule has 2 aromatic rings. The largest absolute Gasteiger partial charge is 0.496 e. The van der Waals surface area contributed by atoms with Gasteiger partial charge in [0, 0.05) is 11.6 Å². The molecule has 0 radical (unpaired) electrons. The van der Waals surface area contributed by atoms with Gasteiger partial charge in [0.1, 0.15) is 17.2 Å². The van der Waals surface area contributed by atoms with E-state index in [1.807, 2.05) is 18.2 Å². The summed E-state index contributed by atoms with van der Waals surface area (Å²) in [7, 11) is 1.56. The van der Waals surface area contributed by atoms with Crippen molar-refractivity contribution >= 4 is 23.6 Å². The summed E-state index contributed by atoms with van der Waals surface area (Å²) < 4.78 is 10.3. The number of nitrogens with zero attached hydrogens (tertiary/aromatic N) is 1. The number of para-hydroxylation sites is 1. The number of benzene rings is 1. The molecule has 0 aliphatic rings. The molecule has 2 rings (SSSR count). The van der Waals surface area contributed by atoms with Gasteiger partial charge in [0.15, 0.2) is 0 Å². The minimum Gasteiger partial charge on any atom is -0.496 e. The number of carbonyl (C=O) groups is 2. The first-order valence-corrected chi connectivity index (χ1v) is 7.56. The molecule has 0 fully saturated rings. The molecule has 25 heavy (non-hydrogen) atoms.